The average molecular weight is 442 g/mol. The van der Waals surface area contributed by atoms with Gasteiger partial charge in [-0.25, -0.2) is 0 Å². The molecular formula is C23H24BrNO3. The topological polar surface area (TPSA) is 46.6 Å². The van der Waals surface area contributed by atoms with Gasteiger partial charge in [-0.05, 0) is 61.1 Å². The molecule has 2 aliphatic rings. The maximum atomic E-state index is 12.6. The van der Waals surface area contributed by atoms with Crippen LogP contribution in [0.4, 0.5) is 0 Å². The predicted octanol–water partition coefficient (Wildman–Crippen LogP) is 4.40. The zero-order chi connectivity index (χ0) is 19.5. The van der Waals surface area contributed by atoms with Crippen LogP contribution in [0.5, 0.6) is 0 Å². The smallest absolute Gasteiger partial charge is 0.309 e. The molecule has 1 atom stereocenters. The number of ether oxygens (including phenoxy) is 1. The van der Waals surface area contributed by atoms with E-state index in [-0.39, 0.29) is 23.9 Å². The van der Waals surface area contributed by atoms with Crippen molar-refractivity contribution in [1.82, 2.24) is 4.90 Å². The first kappa shape index (κ1) is 19.2. The van der Waals surface area contributed by atoms with E-state index in [1.54, 1.807) is 0 Å². The van der Waals surface area contributed by atoms with E-state index in [1.165, 1.54) is 11.1 Å². The van der Waals surface area contributed by atoms with E-state index in [9.17, 15) is 9.59 Å². The highest BCUT2D eigenvalue weighted by molar-refractivity contribution is 9.10. The molecule has 146 valence electrons. The number of rotatable bonds is 3. The minimum Gasteiger partial charge on any atom is -0.462 e. The van der Waals surface area contributed by atoms with Gasteiger partial charge in [-0.15, -0.1) is 0 Å². The van der Waals surface area contributed by atoms with E-state index >= 15 is 0 Å². The molecular weight excluding hydrogens is 418 g/mol. The van der Waals surface area contributed by atoms with Crippen LogP contribution in [-0.4, -0.2) is 36.0 Å². The molecule has 1 unspecified atom stereocenters. The summed E-state index contributed by atoms with van der Waals surface area (Å²) in [7, 11) is 0. The Morgan fingerprint density at radius 2 is 1.61 bits per heavy atom. The minimum atomic E-state index is -0.105. The van der Waals surface area contributed by atoms with Gasteiger partial charge in [-0.1, -0.05) is 40.2 Å². The van der Waals surface area contributed by atoms with E-state index in [2.05, 4.69) is 34.1 Å². The molecule has 0 saturated carbocycles. The monoisotopic (exact) mass is 441 g/mol. The summed E-state index contributed by atoms with van der Waals surface area (Å²) in [5, 5.41) is 0. The highest BCUT2D eigenvalue weighted by Crippen LogP contribution is 2.26. The molecule has 1 aliphatic heterocycles. The van der Waals surface area contributed by atoms with Gasteiger partial charge < -0.3 is 9.64 Å². The van der Waals surface area contributed by atoms with Gasteiger partial charge in [-0.2, -0.15) is 0 Å². The Morgan fingerprint density at radius 1 is 0.929 bits per heavy atom. The molecule has 0 N–H and O–H groups in total. The zero-order valence-corrected chi connectivity index (χ0v) is 17.4. The predicted molar refractivity (Wildman–Crippen MR) is 111 cm³/mol. The second-order valence-electron chi connectivity index (χ2n) is 7.64. The average Bonchev–Trinajstić information content (AvgIpc) is 2.74. The fraction of sp³-hybridized carbons (Fsp3) is 0.391. The Kier molecular flexibility index (Phi) is 5.81. The van der Waals surface area contributed by atoms with E-state index in [4.69, 9.17) is 4.74 Å². The van der Waals surface area contributed by atoms with Crippen molar-refractivity contribution < 1.29 is 14.3 Å². The summed E-state index contributed by atoms with van der Waals surface area (Å²) in [4.78, 5) is 27.1. The summed E-state index contributed by atoms with van der Waals surface area (Å²) >= 11 is 3.39. The third-order valence-electron chi connectivity index (χ3n) is 5.79. The van der Waals surface area contributed by atoms with Gasteiger partial charge in [-0.3, -0.25) is 9.59 Å². The molecule has 2 aromatic rings. The number of carbonyl (C=O) groups is 2. The van der Waals surface area contributed by atoms with Gasteiger partial charge in [0.2, 0.25) is 0 Å². The second-order valence-corrected chi connectivity index (χ2v) is 8.56. The third kappa shape index (κ3) is 4.30. The summed E-state index contributed by atoms with van der Waals surface area (Å²) in [6.07, 6.45) is 3.99. The van der Waals surface area contributed by atoms with Crippen LogP contribution in [0.3, 0.4) is 0 Å². The summed E-state index contributed by atoms with van der Waals surface area (Å²) in [5.74, 6) is -0.172. The van der Waals surface area contributed by atoms with E-state index in [0.717, 1.165) is 23.7 Å². The molecule has 0 radical (unpaired) electrons. The molecule has 4 nitrogen and oxygen atoms in total. The number of hydrogen-bond donors (Lipinski definition) is 0. The van der Waals surface area contributed by atoms with Crippen LogP contribution in [0.1, 0.15) is 40.7 Å². The van der Waals surface area contributed by atoms with E-state index < -0.39 is 0 Å². The molecule has 4 rings (SSSR count). The van der Waals surface area contributed by atoms with Crippen LogP contribution in [0.25, 0.3) is 0 Å². The first-order valence-electron chi connectivity index (χ1n) is 9.92. The molecule has 28 heavy (non-hydrogen) atoms. The zero-order valence-electron chi connectivity index (χ0n) is 15.8. The Morgan fingerprint density at radius 3 is 2.32 bits per heavy atom. The van der Waals surface area contributed by atoms with Crippen molar-refractivity contribution in [3.05, 3.63) is 69.7 Å². The number of carbonyl (C=O) groups excluding carboxylic acids is 2. The summed E-state index contributed by atoms with van der Waals surface area (Å²) in [5.41, 5.74) is 3.35. The molecule has 0 bridgehead atoms. The molecule has 0 spiro atoms. The number of esters is 1. The minimum absolute atomic E-state index is 0.0233. The van der Waals surface area contributed by atoms with Crippen molar-refractivity contribution in [3.8, 4) is 0 Å². The van der Waals surface area contributed by atoms with Gasteiger partial charge in [0.05, 0.1) is 5.92 Å². The lowest BCUT2D eigenvalue weighted by Gasteiger charge is -2.32. The van der Waals surface area contributed by atoms with Gasteiger partial charge in [0, 0.05) is 29.5 Å². The molecule has 1 aliphatic carbocycles. The summed E-state index contributed by atoms with van der Waals surface area (Å²) < 4.78 is 6.79. The standard InChI is InChI=1S/C23H24BrNO3/c24-20-8-5-17(6-9-20)22(26)25-13-11-18(12-14-25)23(27)28-21-10-7-16-3-1-2-4-19(16)15-21/h1-6,8-9,18,21H,7,10-15H2. The number of piperidine rings is 1. The van der Waals surface area contributed by atoms with Crippen LogP contribution in [0.2, 0.25) is 0 Å². The van der Waals surface area contributed by atoms with Crippen molar-refractivity contribution in [2.45, 2.75) is 38.2 Å². The number of hydrogen-bond acceptors (Lipinski definition) is 3. The van der Waals surface area contributed by atoms with Gasteiger partial charge in [0.25, 0.3) is 5.91 Å². The van der Waals surface area contributed by atoms with Gasteiger partial charge in [0.15, 0.2) is 0 Å². The molecule has 1 heterocycles. The number of amides is 1. The van der Waals surface area contributed by atoms with Crippen LogP contribution in [0.15, 0.2) is 53.0 Å². The molecule has 1 amide bonds. The fourth-order valence-electron chi connectivity index (χ4n) is 4.12. The lowest BCUT2D eigenvalue weighted by molar-refractivity contribution is -0.156. The van der Waals surface area contributed by atoms with Gasteiger partial charge >= 0.3 is 5.97 Å². The number of aryl methyl sites for hydroxylation is 1. The number of fused-ring (bicyclic) bond motifs is 1. The first-order chi connectivity index (χ1) is 13.6. The number of benzene rings is 2. The highest BCUT2D eigenvalue weighted by Gasteiger charge is 2.31. The Balaban J connectivity index is 1.28. The van der Waals surface area contributed by atoms with Crippen molar-refractivity contribution in [2.24, 2.45) is 5.92 Å². The van der Waals surface area contributed by atoms with E-state index in [1.807, 2.05) is 35.2 Å². The third-order valence-corrected chi connectivity index (χ3v) is 6.32. The van der Waals surface area contributed by atoms with Crippen LogP contribution >= 0.6 is 15.9 Å². The number of nitrogens with zero attached hydrogens (tertiary/aromatic N) is 1. The summed E-state index contributed by atoms with van der Waals surface area (Å²) in [6, 6.07) is 15.8. The van der Waals surface area contributed by atoms with Crippen molar-refractivity contribution >= 4 is 27.8 Å². The van der Waals surface area contributed by atoms with Crippen molar-refractivity contribution in [1.29, 1.82) is 0 Å². The van der Waals surface area contributed by atoms with Gasteiger partial charge in [0.1, 0.15) is 6.10 Å². The Hall–Kier alpha value is -2.14. The summed E-state index contributed by atoms with van der Waals surface area (Å²) in [6.45, 7) is 1.20. The molecule has 1 fully saturated rings. The van der Waals surface area contributed by atoms with Crippen LogP contribution in [-0.2, 0) is 22.4 Å². The van der Waals surface area contributed by atoms with Crippen LogP contribution in [0, 0.1) is 5.92 Å². The normalized spacial score (nSPS) is 19.8. The quantitative estimate of drug-likeness (QED) is 0.662. The second kappa shape index (κ2) is 8.48. The first-order valence-corrected chi connectivity index (χ1v) is 10.7. The molecule has 2 aromatic carbocycles. The maximum Gasteiger partial charge on any atom is 0.309 e. The van der Waals surface area contributed by atoms with Crippen molar-refractivity contribution in [2.75, 3.05) is 13.1 Å². The molecule has 0 aromatic heterocycles. The van der Waals surface area contributed by atoms with Crippen molar-refractivity contribution in [3.63, 3.8) is 0 Å². The Bertz CT molecular complexity index is 856. The molecule has 5 heteroatoms. The number of halogens is 1. The largest absolute Gasteiger partial charge is 0.462 e. The SMILES string of the molecule is O=C(OC1CCc2ccccc2C1)C1CCN(C(=O)c2ccc(Br)cc2)CC1. The lowest BCUT2D eigenvalue weighted by atomic mass is 9.89. The lowest BCUT2D eigenvalue weighted by Crippen LogP contribution is -2.41. The van der Waals surface area contributed by atoms with Crippen LogP contribution < -0.4 is 0 Å². The Labute approximate surface area is 174 Å². The molecule has 1 saturated heterocycles. The fourth-order valence-corrected chi connectivity index (χ4v) is 4.38. The highest BCUT2D eigenvalue weighted by atomic mass is 79.9. The maximum absolute atomic E-state index is 12.6. The number of likely N-dealkylation sites (tertiary alicyclic amines) is 1. The van der Waals surface area contributed by atoms with E-state index in [0.29, 0.717) is 31.5 Å².